The zero-order valence-electron chi connectivity index (χ0n) is 12.6. The van der Waals surface area contributed by atoms with E-state index in [0.29, 0.717) is 0 Å². The maximum atomic E-state index is 11.9. The van der Waals surface area contributed by atoms with E-state index in [2.05, 4.69) is 26.0 Å². The van der Waals surface area contributed by atoms with Gasteiger partial charge in [-0.1, -0.05) is 29.8 Å². The zero-order valence-corrected chi connectivity index (χ0v) is 12.6. The molecule has 0 bridgehead atoms. The Hall–Kier alpha value is -3.23. The molecule has 0 aliphatic heterocycles. The molecule has 0 aliphatic carbocycles. The Balaban J connectivity index is 1.95. The highest BCUT2D eigenvalue weighted by Gasteiger charge is 2.14. The fourth-order valence-electron chi connectivity index (χ4n) is 1.73. The normalized spacial score (nSPS) is 12.1. The molecule has 1 atom stereocenters. The largest absolute Gasteiger partial charge is 0.353 e. The van der Waals surface area contributed by atoms with Gasteiger partial charge in [0.1, 0.15) is 6.04 Å². The standard InChI is InChI=1S/C14H16N6O3/c1-8-4-3-5-10(6-8)7-15-19-12(21)9(2)16-11-13(22)17-14(23)20-18-11/h3-7,9H,1-2H3,(H,16,18)(H,19,21)(H2,17,20,22,23)/t9-/m0/s1. The molecular weight excluding hydrogens is 300 g/mol. The molecule has 2 aromatic rings. The number of nitrogens with zero attached hydrogens (tertiary/aromatic N) is 2. The summed E-state index contributed by atoms with van der Waals surface area (Å²) >= 11 is 0. The van der Waals surface area contributed by atoms with Crippen molar-refractivity contribution in [2.24, 2.45) is 5.10 Å². The van der Waals surface area contributed by atoms with Crippen LogP contribution in [0.25, 0.3) is 0 Å². The molecule has 120 valence electrons. The molecule has 0 saturated heterocycles. The third-order valence-corrected chi connectivity index (χ3v) is 2.89. The van der Waals surface area contributed by atoms with Crippen LogP contribution in [0.5, 0.6) is 0 Å². The first-order chi connectivity index (χ1) is 11.0. The molecule has 0 aliphatic rings. The zero-order chi connectivity index (χ0) is 16.8. The molecule has 1 heterocycles. The van der Waals surface area contributed by atoms with Crippen molar-refractivity contribution >= 4 is 17.9 Å². The van der Waals surface area contributed by atoms with Gasteiger partial charge < -0.3 is 5.32 Å². The third kappa shape index (κ3) is 4.63. The summed E-state index contributed by atoms with van der Waals surface area (Å²) in [6.45, 7) is 3.49. The fraction of sp³-hybridized carbons (Fsp3) is 0.214. The Kier molecular flexibility index (Phi) is 5.03. The van der Waals surface area contributed by atoms with Crippen LogP contribution < -0.4 is 22.0 Å². The highest BCUT2D eigenvalue weighted by atomic mass is 16.2. The second kappa shape index (κ2) is 7.16. The predicted octanol–water partition coefficient (Wildman–Crippen LogP) is -0.283. The lowest BCUT2D eigenvalue weighted by Crippen LogP contribution is -2.38. The Morgan fingerprint density at radius 3 is 2.87 bits per heavy atom. The summed E-state index contributed by atoms with van der Waals surface area (Å²) in [5, 5.41) is 12.0. The summed E-state index contributed by atoms with van der Waals surface area (Å²) in [5.41, 5.74) is 2.86. The third-order valence-electron chi connectivity index (χ3n) is 2.89. The fourth-order valence-corrected chi connectivity index (χ4v) is 1.73. The maximum absolute atomic E-state index is 11.9. The van der Waals surface area contributed by atoms with Crippen LogP contribution in [-0.2, 0) is 4.79 Å². The minimum absolute atomic E-state index is 0.157. The summed E-state index contributed by atoms with van der Waals surface area (Å²) < 4.78 is 0. The van der Waals surface area contributed by atoms with Gasteiger partial charge in [-0.15, -0.1) is 5.10 Å². The molecule has 23 heavy (non-hydrogen) atoms. The summed E-state index contributed by atoms with van der Waals surface area (Å²) in [6.07, 6.45) is 1.52. The number of carbonyl (C=O) groups is 1. The smallest absolute Gasteiger partial charge is 0.342 e. The summed E-state index contributed by atoms with van der Waals surface area (Å²) in [5.74, 6) is -0.615. The summed E-state index contributed by atoms with van der Waals surface area (Å²) in [7, 11) is 0. The van der Waals surface area contributed by atoms with Gasteiger partial charge in [0.25, 0.3) is 11.5 Å². The van der Waals surface area contributed by atoms with Gasteiger partial charge in [0, 0.05) is 0 Å². The van der Waals surface area contributed by atoms with E-state index in [1.807, 2.05) is 36.2 Å². The second-order valence-corrected chi connectivity index (χ2v) is 4.87. The molecular formula is C14H16N6O3. The minimum Gasteiger partial charge on any atom is -0.353 e. The number of aromatic amines is 2. The topological polar surface area (TPSA) is 132 Å². The molecule has 1 amide bonds. The van der Waals surface area contributed by atoms with Gasteiger partial charge in [0.15, 0.2) is 0 Å². The van der Waals surface area contributed by atoms with E-state index >= 15 is 0 Å². The first kappa shape index (κ1) is 16.1. The molecule has 0 radical (unpaired) electrons. The highest BCUT2D eigenvalue weighted by Crippen LogP contribution is 2.00. The van der Waals surface area contributed by atoms with Gasteiger partial charge in [0.05, 0.1) is 6.21 Å². The van der Waals surface area contributed by atoms with Crippen molar-refractivity contribution in [2.45, 2.75) is 19.9 Å². The summed E-state index contributed by atoms with van der Waals surface area (Å²) in [6, 6.07) is 6.84. The van der Waals surface area contributed by atoms with Crippen LogP contribution in [0.1, 0.15) is 18.1 Å². The van der Waals surface area contributed by atoms with Crippen LogP contribution in [-0.4, -0.2) is 33.3 Å². The van der Waals surface area contributed by atoms with Gasteiger partial charge >= 0.3 is 5.69 Å². The number of hydrazone groups is 1. The first-order valence-electron chi connectivity index (χ1n) is 6.81. The number of aryl methyl sites for hydroxylation is 1. The maximum Gasteiger partial charge on any atom is 0.342 e. The van der Waals surface area contributed by atoms with Gasteiger partial charge in [-0.3, -0.25) is 14.6 Å². The minimum atomic E-state index is -0.774. The molecule has 0 unspecified atom stereocenters. The molecule has 0 saturated carbocycles. The van der Waals surface area contributed by atoms with E-state index in [4.69, 9.17) is 0 Å². The SMILES string of the molecule is Cc1cccc(C=NNC(=O)[C@H](C)Nc2n[nH]c(=O)[nH]c2=O)c1. The number of amides is 1. The molecule has 1 aromatic heterocycles. The Labute approximate surface area is 130 Å². The molecule has 1 aromatic carbocycles. The quantitative estimate of drug-likeness (QED) is 0.445. The monoisotopic (exact) mass is 316 g/mol. The number of hydrogen-bond acceptors (Lipinski definition) is 6. The molecule has 9 nitrogen and oxygen atoms in total. The van der Waals surface area contributed by atoms with Crippen LogP contribution in [0.3, 0.4) is 0 Å². The van der Waals surface area contributed by atoms with Gasteiger partial charge in [0.2, 0.25) is 5.82 Å². The van der Waals surface area contributed by atoms with Crippen molar-refractivity contribution in [2.75, 3.05) is 5.32 Å². The predicted molar refractivity (Wildman–Crippen MR) is 85.5 cm³/mol. The molecule has 2 rings (SSSR count). The van der Waals surface area contributed by atoms with Crippen LogP contribution >= 0.6 is 0 Å². The lowest BCUT2D eigenvalue weighted by Gasteiger charge is -2.11. The molecule has 9 heteroatoms. The van der Waals surface area contributed by atoms with Crippen molar-refractivity contribution in [1.82, 2.24) is 20.6 Å². The average molecular weight is 316 g/mol. The first-order valence-corrected chi connectivity index (χ1v) is 6.81. The number of benzene rings is 1. The number of carbonyl (C=O) groups excluding carboxylic acids is 1. The molecule has 4 N–H and O–H groups in total. The number of anilines is 1. The lowest BCUT2D eigenvalue weighted by molar-refractivity contribution is -0.121. The van der Waals surface area contributed by atoms with Crippen LogP contribution in [0.15, 0.2) is 39.0 Å². The van der Waals surface area contributed by atoms with E-state index in [-0.39, 0.29) is 5.82 Å². The van der Waals surface area contributed by atoms with Crippen molar-refractivity contribution in [1.29, 1.82) is 0 Å². The van der Waals surface area contributed by atoms with Crippen LogP contribution in [0, 0.1) is 6.92 Å². The Bertz CT molecular complexity index is 839. The van der Waals surface area contributed by atoms with Crippen molar-refractivity contribution in [3.63, 3.8) is 0 Å². The number of rotatable bonds is 5. The Morgan fingerprint density at radius 2 is 2.17 bits per heavy atom. The number of nitrogens with one attached hydrogen (secondary N) is 4. The van der Waals surface area contributed by atoms with Gasteiger partial charge in [-0.2, -0.15) is 5.10 Å². The van der Waals surface area contributed by atoms with Crippen LogP contribution in [0.4, 0.5) is 5.82 Å². The van der Waals surface area contributed by atoms with Gasteiger partial charge in [-0.25, -0.2) is 15.3 Å². The second-order valence-electron chi connectivity index (χ2n) is 4.87. The highest BCUT2D eigenvalue weighted by molar-refractivity contribution is 5.86. The number of hydrogen-bond donors (Lipinski definition) is 4. The van der Waals surface area contributed by atoms with Crippen molar-refractivity contribution in [3.05, 3.63) is 56.2 Å². The van der Waals surface area contributed by atoms with Crippen LogP contribution in [0.2, 0.25) is 0 Å². The van der Waals surface area contributed by atoms with E-state index in [0.717, 1.165) is 11.1 Å². The van der Waals surface area contributed by atoms with Crippen molar-refractivity contribution in [3.8, 4) is 0 Å². The van der Waals surface area contributed by atoms with E-state index in [1.165, 1.54) is 13.1 Å². The number of aromatic nitrogens is 3. The number of H-pyrrole nitrogens is 2. The van der Waals surface area contributed by atoms with E-state index < -0.39 is 23.2 Å². The molecule has 0 fully saturated rings. The van der Waals surface area contributed by atoms with Gasteiger partial charge in [-0.05, 0) is 19.4 Å². The summed E-state index contributed by atoms with van der Waals surface area (Å²) in [4.78, 5) is 36.2. The average Bonchev–Trinajstić information content (AvgIpc) is 2.50. The lowest BCUT2D eigenvalue weighted by atomic mass is 10.2. The van der Waals surface area contributed by atoms with Crippen molar-refractivity contribution < 1.29 is 4.79 Å². The van der Waals surface area contributed by atoms with E-state index in [1.54, 1.807) is 0 Å². The Morgan fingerprint density at radius 1 is 1.39 bits per heavy atom. The van der Waals surface area contributed by atoms with E-state index in [9.17, 15) is 14.4 Å². The molecule has 0 spiro atoms.